The van der Waals surface area contributed by atoms with Gasteiger partial charge in [-0.1, -0.05) is 0 Å². The van der Waals surface area contributed by atoms with Crippen LogP contribution in [0.5, 0.6) is 0 Å². The second-order valence-electron chi connectivity index (χ2n) is 0. The predicted molar refractivity (Wildman–Crippen MR) is 8.30 cm³/mol. The molecule has 0 saturated carbocycles. The fourth-order valence-electron chi connectivity index (χ4n) is 0. The maximum Gasteiger partial charge on any atom is 5.00 e. The molecule has 8 heteroatoms. The summed E-state index contributed by atoms with van der Waals surface area (Å²) in [5.41, 5.74) is 0. The molecule has 0 fully saturated rings. The summed E-state index contributed by atoms with van der Waals surface area (Å²) >= 11 is 0. The van der Waals surface area contributed by atoms with Crippen LogP contribution in [-0.2, 0) is 70.5 Å². The number of rotatable bonds is 0. The van der Waals surface area contributed by atoms with E-state index in [0.717, 1.165) is 0 Å². The summed E-state index contributed by atoms with van der Waals surface area (Å²) in [5, 5.41) is 0. The summed E-state index contributed by atoms with van der Waals surface area (Å²) in [6.45, 7) is 0. The SMILES string of the molecule is O.[O-2].[O-2].[O-2].[O-2].[OH-].[Ta+5].[Zr+4]. The third kappa shape index (κ3) is 157. The molecule has 48 valence electrons. The van der Waals surface area contributed by atoms with Gasteiger partial charge >= 0.3 is 48.6 Å². The molecule has 0 bridgehead atoms. The Kier molecular flexibility index (Phi) is 10300. The molecule has 8 heavy (non-hydrogen) atoms. The Bertz CT molecular complexity index is 8.49. The Hall–Kier alpha value is 1.38. The Morgan fingerprint density at radius 2 is 0.625 bits per heavy atom. The van der Waals surface area contributed by atoms with Crippen LogP contribution in [0.25, 0.3) is 0 Å². The molecule has 0 aromatic heterocycles. The van der Waals surface area contributed by atoms with Crippen molar-refractivity contribution in [1.82, 2.24) is 0 Å². The van der Waals surface area contributed by atoms with Crippen molar-refractivity contribution < 1.29 is 81.4 Å². The van der Waals surface area contributed by atoms with E-state index in [1.165, 1.54) is 0 Å². The van der Waals surface area contributed by atoms with Crippen molar-refractivity contribution in [3.05, 3.63) is 0 Å². The van der Waals surface area contributed by atoms with Crippen molar-refractivity contribution in [2.24, 2.45) is 0 Å². The van der Waals surface area contributed by atoms with E-state index in [1.807, 2.05) is 0 Å². The summed E-state index contributed by atoms with van der Waals surface area (Å²) < 4.78 is 0. The molecular formula is H3O6TaZr. The van der Waals surface area contributed by atoms with Gasteiger partial charge in [-0.3, -0.25) is 0 Å². The maximum absolute atomic E-state index is 0. The van der Waals surface area contributed by atoms with Crippen LogP contribution < -0.4 is 0 Å². The maximum atomic E-state index is 0. The molecule has 0 radical (unpaired) electrons. The van der Waals surface area contributed by atoms with Crippen LogP contribution in [0.2, 0.25) is 0 Å². The van der Waals surface area contributed by atoms with Gasteiger partial charge in [-0.05, 0) is 0 Å². The van der Waals surface area contributed by atoms with E-state index in [-0.39, 0.29) is 81.4 Å². The Balaban J connectivity index is 0. The van der Waals surface area contributed by atoms with Gasteiger partial charge in [0.05, 0.1) is 0 Å². The van der Waals surface area contributed by atoms with Gasteiger partial charge in [-0.15, -0.1) is 0 Å². The van der Waals surface area contributed by atoms with Crippen LogP contribution in [0.4, 0.5) is 0 Å². The Morgan fingerprint density at radius 1 is 0.625 bits per heavy atom. The van der Waals surface area contributed by atoms with Crippen molar-refractivity contribution in [2.75, 3.05) is 0 Å². The van der Waals surface area contributed by atoms with E-state index >= 15 is 0 Å². The van der Waals surface area contributed by atoms with Gasteiger partial charge < -0.3 is 32.9 Å². The molecule has 0 aromatic rings. The minimum atomic E-state index is 0. The van der Waals surface area contributed by atoms with Crippen molar-refractivity contribution in [1.29, 1.82) is 0 Å². The first-order valence-corrected chi connectivity index (χ1v) is 0. The Labute approximate surface area is 81.1 Å². The molecule has 0 aromatic carbocycles. The molecule has 6 nitrogen and oxygen atoms in total. The zero-order valence-corrected chi connectivity index (χ0v) is 9.20. The molecule has 0 aliphatic carbocycles. The van der Waals surface area contributed by atoms with Crippen molar-refractivity contribution in [3.8, 4) is 0 Å². The molecule has 0 aliphatic rings. The van der Waals surface area contributed by atoms with Crippen LogP contribution >= 0.6 is 0 Å². The van der Waals surface area contributed by atoms with Gasteiger partial charge in [-0.2, -0.15) is 0 Å². The van der Waals surface area contributed by atoms with Crippen LogP contribution in [-0.4, -0.2) is 11.0 Å². The molecular weight excluding hydrogens is 368 g/mol. The van der Waals surface area contributed by atoms with E-state index in [2.05, 4.69) is 0 Å². The van der Waals surface area contributed by atoms with Gasteiger partial charge in [0.1, 0.15) is 0 Å². The minimum absolute atomic E-state index is 0. The molecule has 0 amide bonds. The summed E-state index contributed by atoms with van der Waals surface area (Å²) in [5.74, 6) is 0. The average molecular weight is 371 g/mol. The topological polar surface area (TPSA) is 176 Å². The van der Waals surface area contributed by atoms with Crippen molar-refractivity contribution >= 4 is 0 Å². The quantitative estimate of drug-likeness (QED) is 0.496. The normalized spacial score (nSPS) is 0. The van der Waals surface area contributed by atoms with Gasteiger partial charge in [0.15, 0.2) is 0 Å². The first-order chi connectivity index (χ1) is 0. The molecule has 0 unspecified atom stereocenters. The first kappa shape index (κ1) is 345. The van der Waals surface area contributed by atoms with Crippen molar-refractivity contribution in [3.63, 3.8) is 0 Å². The Morgan fingerprint density at radius 3 is 0.625 bits per heavy atom. The molecule has 0 rings (SSSR count). The molecule has 0 saturated heterocycles. The van der Waals surface area contributed by atoms with E-state index in [1.54, 1.807) is 0 Å². The second-order valence-corrected chi connectivity index (χ2v) is 0. The third-order valence-corrected chi connectivity index (χ3v) is 0. The molecule has 0 heterocycles. The zero-order valence-electron chi connectivity index (χ0n) is 3.53. The average Bonchev–Trinajstić information content (AvgIpc) is 0. The van der Waals surface area contributed by atoms with E-state index in [4.69, 9.17) is 0 Å². The van der Waals surface area contributed by atoms with Crippen LogP contribution in [0.15, 0.2) is 0 Å². The first-order valence-electron chi connectivity index (χ1n) is 0. The van der Waals surface area contributed by atoms with Gasteiger partial charge in [0, 0.05) is 0 Å². The van der Waals surface area contributed by atoms with Gasteiger partial charge in [-0.25, -0.2) is 0 Å². The van der Waals surface area contributed by atoms with Crippen LogP contribution in [0, 0.1) is 0 Å². The van der Waals surface area contributed by atoms with Crippen molar-refractivity contribution in [2.45, 2.75) is 0 Å². The fourth-order valence-corrected chi connectivity index (χ4v) is 0. The summed E-state index contributed by atoms with van der Waals surface area (Å²) in [6, 6.07) is 0. The monoisotopic (exact) mass is 370 g/mol. The second kappa shape index (κ2) is 239. The van der Waals surface area contributed by atoms with Crippen LogP contribution in [0.3, 0.4) is 0 Å². The van der Waals surface area contributed by atoms with E-state index in [0.29, 0.717) is 0 Å². The number of hydrogen-bond acceptors (Lipinski definition) is 1. The summed E-state index contributed by atoms with van der Waals surface area (Å²) in [6.07, 6.45) is 0. The minimum Gasteiger partial charge on any atom is -2.00 e. The van der Waals surface area contributed by atoms with E-state index in [9.17, 15) is 0 Å². The largest absolute Gasteiger partial charge is 5.00 e. The fraction of sp³-hybridized carbons (Fsp3) is 0. The third-order valence-electron chi connectivity index (χ3n) is 0. The van der Waals surface area contributed by atoms with E-state index < -0.39 is 0 Å². The van der Waals surface area contributed by atoms with Crippen LogP contribution in [0.1, 0.15) is 0 Å². The number of hydrogen-bond donors (Lipinski definition) is 0. The molecule has 0 aliphatic heterocycles. The predicted octanol–water partition coefficient (Wildman–Crippen LogP) is -1.48. The molecule has 3 N–H and O–H groups in total. The molecule has 0 atom stereocenters. The molecule has 0 spiro atoms. The zero-order chi connectivity index (χ0) is 0. The van der Waals surface area contributed by atoms with Gasteiger partial charge in [0.25, 0.3) is 0 Å². The summed E-state index contributed by atoms with van der Waals surface area (Å²) in [4.78, 5) is 0. The smallest absolute Gasteiger partial charge is 2.00 e. The standard InChI is InChI=1S/2H2O.4O.Ta.Zr/h2*1H2;;;;;;/q;;4*-2;+5;+4/p-1. The summed E-state index contributed by atoms with van der Waals surface area (Å²) in [7, 11) is 0. The van der Waals surface area contributed by atoms with Gasteiger partial charge in [0.2, 0.25) is 0 Å².